The summed E-state index contributed by atoms with van der Waals surface area (Å²) in [5.74, 6) is 1.75. The monoisotopic (exact) mass is 365 g/mol. The quantitative estimate of drug-likeness (QED) is 0.629. The molecule has 140 valence electrons. The number of ether oxygens (including phenoxy) is 1. The first-order chi connectivity index (χ1) is 13.3. The van der Waals surface area contributed by atoms with Crippen molar-refractivity contribution in [2.75, 3.05) is 13.7 Å². The van der Waals surface area contributed by atoms with Gasteiger partial charge in [0.15, 0.2) is 0 Å². The van der Waals surface area contributed by atoms with E-state index in [0.29, 0.717) is 43.3 Å². The lowest BCUT2D eigenvalue weighted by atomic mass is 10.1. The molecule has 6 heteroatoms. The lowest BCUT2D eigenvalue weighted by Gasteiger charge is -2.04. The Kier molecular flexibility index (Phi) is 6.57. The van der Waals surface area contributed by atoms with E-state index < -0.39 is 0 Å². The van der Waals surface area contributed by atoms with Crippen LogP contribution >= 0.6 is 0 Å². The Morgan fingerprint density at radius 3 is 2.67 bits per heavy atom. The van der Waals surface area contributed by atoms with Gasteiger partial charge in [0.1, 0.15) is 5.75 Å². The second kappa shape index (κ2) is 9.52. The van der Waals surface area contributed by atoms with Gasteiger partial charge in [-0.2, -0.15) is 4.98 Å². The van der Waals surface area contributed by atoms with Crippen LogP contribution in [0.25, 0.3) is 11.4 Å². The van der Waals surface area contributed by atoms with Crippen molar-refractivity contribution in [2.24, 2.45) is 0 Å². The summed E-state index contributed by atoms with van der Waals surface area (Å²) in [6.07, 6.45) is 2.48. The van der Waals surface area contributed by atoms with Gasteiger partial charge in [-0.25, -0.2) is 0 Å². The van der Waals surface area contributed by atoms with Gasteiger partial charge in [0.2, 0.25) is 17.6 Å². The molecule has 2 aromatic carbocycles. The van der Waals surface area contributed by atoms with E-state index in [1.54, 1.807) is 7.11 Å². The molecular formula is C21H23N3O3. The molecule has 0 unspecified atom stereocenters. The van der Waals surface area contributed by atoms with Crippen LogP contribution in [0.3, 0.4) is 0 Å². The third-order valence-corrected chi connectivity index (χ3v) is 4.19. The van der Waals surface area contributed by atoms with Crippen LogP contribution < -0.4 is 10.1 Å². The minimum absolute atomic E-state index is 0.0374. The highest BCUT2D eigenvalue weighted by molar-refractivity contribution is 5.75. The second-order valence-electron chi connectivity index (χ2n) is 6.15. The van der Waals surface area contributed by atoms with Crippen molar-refractivity contribution in [3.63, 3.8) is 0 Å². The number of aromatic nitrogens is 2. The lowest BCUT2D eigenvalue weighted by molar-refractivity contribution is -0.121. The zero-order valence-corrected chi connectivity index (χ0v) is 15.4. The van der Waals surface area contributed by atoms with E-state index >= 15 is 0 Å². The summed E-state index contributed by atoms with van der Waals surface area (Å²) in [6, 6.07) is 17.6. The summed E-state index contributed by atoms with van der Waals surface area (Å²) in [4.78, 5) is 16.3. The van der Waals surface area contributed by atoms with Crippen molar-refractivity contribution in [2.45, 2.75) is 25.7 Å². The van der Waals surface area contributed by atoms with E-state index in [-0.39, 0.29) is 5.91 Å². The van der Waals surface area contributed by atoms with Crippen LogP contribution in [0.2, 0.25) is 0 Å². The Hall–Kier alpha value is -3.15. The van der Waals surface area contributed by atoms with Gasteiger partial charge in [-0.1, -0.05) is 47.6 Å². The SMILES string of the molecule is COc1ccccc1-c1noc(CCCC(=O)NCCc2ccccc2)n1. The number of aryl methyl sites for hydroxylation is 1. The van der Waals surface area contributed by atoms with Crippen LogP contribution in [0.1, 0.15) is 24.3 Å². The highest BCUT2D eigenvalue weighted by atomic mass is 16.5. The van der Waals surface area contributed by atoms with Crippen LogP contribution in [-0.4, -0.2) is 29.7 Å². The number of nitrogens with one attached hydrogen (secondary N) is 1. The number of hydrogen-bond acceptors (Lipinski definition) is 5. The molecule has 0 aliphatic heterocycles. The van der Waals surface area contributed by atoms with Crippen molar-refractivity contribution >= 4 is 5.91 Å². The molecule has 3 rings (SSSR count). The maximum Gasteiger partial charge on any atom is 0.226 e. The number of rotatable bonds is 9. The zero-order valence-electron chi connectivity index (χ0n) is 15.4. The topological polar surface area (TPSA) is 77.2 Å². The van der Waals surface area contributed by atoms with E-state index in [0.717, 1.165) is 12.0 Å². The molecule has 1 amide bonds. The maximum atomic E-state index is 11.9. The summed E-state index contributed by atoms with van der Waals surface area (Å²) >= 11 is 0. The van der Waals surface area contributed by atoms with Crippen molar-refractivity contribution in [1.82, 2.24) is 15.5 Å². The number of para-hydroxylation sites is 1. The summed E-state index contributed by atoms with van der Waals surface area (Å²) < 4.78 is 10.6. The predicted molar refractivity (Wildman–Crippen MR) is 102 cm³/mol. The van der Waals surface area contributed by atoms with Gasteiger partial charge in [-0.05, 0) is 30.5 Å². The summed E-state index contributed by atoms with van der Waals surface area (Å²) in [5.41, 5.74) is 2.00. The first-order valence-electron chi connectivity index (χ1n) is 9.03. The number of carbonyl (C=O) groups excluding carboxylic acids is 1. The number of amides is 1. The largest absolute Gasteiger partial charge is 0.496 e. The van der Waals surface area contributed by atoms with Gasteiger partial charge < -0.3 is 14.6 Å². The summed E-state index contributed by atoms with van der Waals surface area (Å²) in [7, 11) is 1.61. The molecule has 3 aromatic rings. The van der Waals surface area contributed by atoms with Crippen LogP contribution in [0.15, 0.2) is 59.1 Å². The van der Waals surface area contributed by atoms with Crippen LogP contribution in [0, 0.1) is 0 Å². The number of nitrogens with zero attached hydrogens (tertiary/aromatic N) is 2. The van der Waals surface area contributed by atoms with Gasteiger partial charge in [-0.3, -0.25) is 4.79 Å². The van der Waals surface area contributed by atoms with Crippen molar-refractivity contribution in [3.8, 4) is 17.1 Å². The van der Waals surface area contributed by atoms with Gasteiger partial charge in [0.25, 0.3) is 0 Å². The van der Waals surface area contributed by atoms with Crippen molar-refractivity contribution < 1.29 is 14.1 Å². The van der Waals surface area contributed by atoms with E-state index in [2.05, 4.69) is 27.6 Å². The standard InChI is InChI=1S/C21H23N3O3/c1-26-18-11-6-5-10-17(18)21-23-20(27-24-21)13-7-12-19(25)22-15-14-16-8-3-2-4-9-16/h2-6,8-11H,7,12-15H2,1H3,(H,22,25). The molecule has 1 aromatic heterocycles. The molecule has 0 atom stereocenters. The molecule has 0 radical (unpaired) electrons. The lowest BCUT2D eigenvalue weighted by Crippen LogP contribution is -2.25. The van der Waals surface area contributed by atoms with Crippen molar-refractivity contribution in [1.29, 1.82) is 0 Å². The molecule has 0 spiro atoms. The Morgan fingerprint density at radius 2 is 1.85 bits per heavy atom. The third kappa shape index (κ3) is 5.41. The van der Waals surface area contributed by atoms with E-state index in [1.165, 1.54) is 5.56 Å². The molecular weight excluding hydrogens is 342 g/mol. The molecule has 0 bridgehead atoms. The Labute approximate surface area is 158 Å². The fraction of sp³-hybridized carbons (Fsp3) is 0.286. The van der Waals surface area contributed by atoms with E-state index in [1.807, 2.05) is 42.5 Å². The maximum absolute atomic E-state index is 11.9. The van der Waals surface area contributed by atoms with E-state index in [9.17, 15) is 4.79 Å². The number of carbonyl (C=O) groups is 1. The molecule has 1 N–H and O–H groups in total. The average Bonchev–Trinajstić information content (AvgIpc) is 3.17. The second-order valence-corrected chi connectivity index (χ2v) is 6.15. The zero-order chi connectivity index (χ0) is 18.9. The molecule has 1 heterocycles. The predicted octanol–water partition coefficient (Wildman–Crippen LogP) is 3.43. The first-order valence-corrected chi connectivity index (χ1v) is 9.03. The highest BCUT2D eigenvalue weighted by Gasteiger charge is 2.13. The molecule has 6 nitrogen and oxygen atoms in total. The fourth-order valence-corrected chi connectivity index (χ4v) is 2.77. The van der Waals surface area contributed by atoms with Gasteiger partial charge in [0, 0.05) is 19.4 Å². The van der Waals surface area contributed by atoms with Gasteiger partial charge in [-0.15, -0.1) is 0 Å². The third-order valence-electron chi connectivity index (χ3n) is 4.19. The average molecular weight is 365 g/mol. The van der Waals surface area contributed by atoms with E-state index in [4.69, 9.17) is 9.26 Å². The Balaban J connectivity index is 1.42. The smallest absolute Gasteiger partial charge is 0.226 e. The first kappa shape index (κ1) is 18.6. The number of methoxy groups -OCH3 is 1. The molecule has 0 fully saturated rings. The molecule has 0 aliphatic carbocycles. The number of benzene rings is 2. The Bertz CT molecular complexity index is 862. The highest BCUT2D eigenvalue weighted by Crippen LogP contribution is 2.27. The van der Waals surface area contributed by atoms with Crippen LogP contribution in [-0.2, 0) is 17.6 Å². The fourth-order valence-electron chi connectivity index (χ4n) is 2.77. The normalized spacial score (nSPS) is 10.6. The molecule has 0 saturated heterocycles. The molecule has 0 saturated carbocycles. The van der Waals surface area contributed by atoms with Gasteiger partial charge in [0.05, 0.1) is 12.7 Å². The summed E-state index contributed by atoms with van der Waals surface area (Å²) in [6.45, 7) is 0.640. The minimum Gasteiger partial charge on any atom is -0.496 e. The Morgan fingerprint density at radius 1 is 1.07 bits per heavy atom. The van der Waals surface area contributed by atoms with Gasteiger partial charge >= 0.3 is 0 Å². The van der Waals surface area contributed by atoms with Crippen LogP contribution in [0.4, 0.5) is 0 Å². The number of hydrogen-bond donors (Lipinski definition) is 1. The van der Waals surface area contributed by atoms with Crippen LogP contribution in [0.5, 0.6) is 5.75 Å². The molecule has 0 aliphatic rings. The minimum atomic E-state index is 0.0374. The summed E-state index contributed by atoms with van der Waals surface area (Å²) in [5, 5.41) is 6.95. The molecule has 27 heavy (non-hydrogen) atoms. The van der Waals surface area contributed by atoms with Crippen molar-refractivity contribution in [3.05, 3.63) is 66.1 Å².